The van der Waals surface area contributed by atoms with Gasteiger partial charge in [-0.25, -0.2) is 0 Å². The second-order valence-corrected chi connectivity index (χ2v) is 7.42. The van der Waals surface area contributed by atoms with E-state index >= 15 is 0 Å². The highest BCUT2D eigenvalue weighted by molar-refractivity contribution is 6.19. The largest absolute Gasteiger partial charge is 0.335 e. The van der Waals surface area contributed by atoms with Crippen LogP contribution in [-0.2, 0) is 9.59 Å². The van der Waals surface area contributed by atoms with Crippen LogP contribution in [0.5, 0.6) is 0 Å². The van der Waals surface area contributed by atoms with Gasteiger partial charge in [0.05, 0.1) is 5.69 Å². The van der Waals surface area contributed by atoms with Crippen molar-refractivity contribution in [2.45, 2.75) is 57.4 Å². The average molecular weight is 340 g/mol. The quantitative estimate of drug-likeness (QED) is 0.777. The number of rotatable bonds is 2. The van der Waals surface area contributed by atoms with E-state index in [0.29, 0.717) is 23.2 Å². The predicted octanol–water partition coefficient (Wildman–Crippen LogP) is 3.13. The van der Waals surface area contributed by atoms with Gasteiger partial charge in [0.25, 0.3) is 5.91 Å². The first kappa shape index (κ1) is 16.3. The van der Waals surface area contributed by atoms with Crippen LogP contribution >= 0.6 is 0 Å². The Bertz CT molecular complexity index is 679. The van der Waals surface area contributed by atoms with Crippen molar-refractivity contribution in [1.29, 1.82) is 0 Å². The van der Waals surface area contributed by atoms with Gasteiger partial charge >= 0.3 is 0 Å². The number of piperidine rings is 1. The lowest BCUT2D eigenvalue weighted by Crippen LogP contribution is -2.49. The monoisotopic (exact) mass is 340 g/mol. The summed E-state index contributed by atoms with van der Waals surface area (Å²) in [4.78, 5) is 40.0. The molecule has 3 amide bonds. The first-order valence-electron chi connectivity index (χ1n) is 9.42. The van der Waals surface area contributed by atoms with Gasteiger partial charge in [-0.2, -0.15) is 0 Å². The van der Waals surface area contributed by atoms with Crippen LogP contribution in [0.15, 0.2) is 24.3 Å². The number of imide groups is 1. The van der Waals surface area contributed by atoms with Gasteiger partial charge in [0.1, 0.15) is 0 Å². The number of hydrogen-bond acceptors (Lipinski definition) is 3. The normalized spacial score (nSPS) is 26.7. The van der Waals surface area contributed by atoms with Crippen molar-refractivity contribution in [2.75, 3.05) is 11.4 Å². The number of hydrogen-bond donors (Lipinski definition) is 0. The molecule has 132 valence electrons. The van der Waals surface area contributed by atoms with Crippen LogP contribution in [0.4, 0.5) is 5.69 Å². The molecule has 0 radical (unpaired) electrons. The van der Waals surface area contributed by atoms with E-state index in [-0.39, 0.29) is 30.6 Å². The van der Waals surface area contributed by atoms with Gasteiger partial charge < -0.3 is 4.90 Å². The van der Waals surface area contributed by atoms with E-state index < -0.39 is 0 Å². The lowest BCUT2D eigenvalue weighted by atomic mass is 9.78. The van der Waals surface area contributed by atoms with Crippen LogP contribution in [0.1, 0.15) is 61.7 Å². The van der Waals surface area contributed by atoms with E-state index in [2.05, 4.69) is 4.90 Å². The highest BCUT2D eigenvalue weighted by Crippen LogP contribution is 2.36. The van der Waals surface area contributed by atoms with E-state index in [1.54, 1.807) is 24.3 Å². The minimum atomic E-state index is -0.162. The molecular formula is C20H24N2O3. The van der Waals surface area contributed by atoms with Crippen molar-refractivity contribution in [3.05, 3.63) is 29.8 Å². The number of anilines is 1. The molecule has 0 aromatic heterocycles. The molecule has 2 heterocycles. The SMILES string of the molecule is O=C1CCC(=O)N1c1ccc(C(=O)N2CCCC3CCCCC32)cc1. The Morgan fingerprint density at radius 1 is 0.880 bits per heavy atom. The molecular weight excluding hydrogens is 316 g/mol. The van der Waals surface area contributed by atoms with E-state index in [9.17, 15) is 14.4 Å². The molecule has 1 aromatic rings. The zero-order chi connectivity index (χ0) is 17.4. The van der Waals surface area contributed by atoms with Crippen molar-refractivity contribution < 1.29 is 14.4 Å². The van der Waals surface area contributed by atoms with Crippen LogP contribution in [0.3, 0.4) is 0 Å². The van der Waals surface area contributed by atoms with Crippen LogP contribution in [0.25, 0.3) is 0 Å². The minimum absolute atomic E-state index is 0.0854. The maximum absolute atomic E-state index is 13.0. The summed E-state index contributed by atoms with van der Waals surface area (Å²) in [6, 6.07) is 7.33. The minimum Gasteiger partial charge on any atom is -0.335 e. The van der Waals surface area contributed by atoms with Gasteiger partial charge in [-0.3, -0.25) is 19.3 Å². The Labute approximate surface area is 148 Å². The van der Waals surface area contributed by atoms with E-state index in [1.807, 2.05) is 0 Å². The molecule has 3 fully saturated rings. The second-order valence-electron chi connectivity index (χ2n) is 7.42. The number of amides is 3. The molecule has 5 nitrogen and oxygen atoms in total. The van der Waals surface area contributed by atoms with Gasteiger partial charge in [0, 0.05) is 31.0 Å². The summed E-state index contributed by atoms with van der Waals surface area (Å²) < 4.78 is 0. The number of likely N-dealkylation sites (tertiary alicyclic amines) is 1. The molecule has 0 bridgehead atoms. The Morgan fingerprint density at radius 3 is 2.24 bits per heavy atom. The third kappa shape index (κ3) is 2.96. The van der Waals surface area contributed by atoms with Gasteiger partial charge in [0.15, 0.2) is 0 Å². The predicted molar refractivity (Wildman–Crippen MR) is 94.2 cm³/mol. The van der Waals surface area contributed by atoms with E-state index in [1.165, 1.54) is 30.6 Å². The van der Waals surface area contributed by atoms with Crippen molar-refractivity contribution >= 4 is 23.4 Å². The second kappa shape index (κ2) is 6.62. The van der Waals surface area contributed by atoms with Crippen molar-refractivity contribution in [3.63, 3.8) is 0 Å². The average Bonchev–Trinajstić information content (AvgIpc) is 2.99. The van der Waals surface area contributed by atoms with Crippen LogP contribution < -0.4 is 4.90 Å². The summed E-state index contributed by atoms with van der Waals surface area (Å²) in [6.45, 7) is 0.838. The maximum Gasteiger partial charge on any atom is 0.254 e. The summed E-state index contributed by atoms with van der Waals surface area (Å²) >= 11 is 0. The molecule has 0 spiro atoms. The van der Waals surface area contributed by atoms with Gasteiger partial charge in [-0.1, -0.05) is 12.8 Å². The highest BCUT2D eigenvalue weighted by Gasteiger charge is 2.36. The lowest BCUT2D eigenvalue weighted by Gasteiger charge is -2.44. The summed E-state index contributed by atoms with van der Waals surface area (Å²) in [5.41, 5.74) is 1.22. The summed E-state index contributed by atoms with van der Waals surface area (Å²) in [6.07, 6.45) is 7.73. The van der Waals surface area contributed by atoms with Crippen LogP contribution in [0, 0.1) is 5.92 Å². The fourth-order valence-corrected chi connectivity index (χ4v) is 4.66. The summed E-state index contributed by atoms with van der Waals surface area (Å²) in [7, 11) is 0. The Hall–Kier alpha value is -2.17. The van der Waals surface area contributed by atoms with Crippen molar-refractivity contribution in [1.82, 2.24) is 4.90 Å². The Kier molecular flexibility index (Phi) is 4.32. The number of carbonyl (C=O) groups excluding carboxylic acids is 3. The molecule has 0 N–H and O–H groups in total. The number of carbonyl (C=O) groups is 3. The molecule has 5 heteroatoms. The topological polar surface area (TPSA) is 57.7 Å². The number of nitrogens with zero attached hydrogens (tertiary/aromatic N) is 2. The molecule has 3 aliphatic rings. The smallest absolute Gasteiger partial charge is 0.254 e. The molecule has 1 saturated carbocycles. The molecule has 25 heavy (non-hydrogen) atoms. The third-order valence-corrected chi connectivity index (χ3v) is 5.93. The molecule has 2 atom stereocenters. The van der Waals surface area contributed by atoms with Crippen LogP contribution in [0.2, 0.25) is 0 Å². The highest BCUT2D eigenvalue weighted by atomic mass is 16.2. The first-order chi connectivity index (χ1) is 12.1. The number of benzene rings is 1. The molecule has 2 unspecified atom stereocenters. The standard InChI is InChI=1S/C20H24N2O3/c23-18-11-12-19(24)22(18)16-9-7-15(8-10-16)20(25)21-13-3-5-14-4-1-2-6-17(14)21/h7-10,14,17H,1-6,11-13H2. The molecule has 2 saturated heterocycles. The summed E-state index contributed by atoms with van der Waals surface area (Å²) in [5, 5.41) is 0. The number of fused-ring (bicyclic) bond motifs is 1. The summed E-state index contributed by atoms with van der Waals surface area (Å²) in [5.74, 6) is 0.420. The fourth-order valence-electron chi connectivity index (χ4n) is 4.66. The van der Waals surface area contributed by atoms with Gasteiger partial charge in [0.2, 0.25) is 11.8 Å². The lowest BCUT2D eigenvalue weighted by molar-refractivity contribution is -0.121. The van der Waals surface area contributed by atoms with Crippen molar-refractivity contribution in [2.24, 2.45) is 5.92 Å². The van der Waals surface area contributed by atoms with E-state index in [4.69, 9.17) is 0 Å². The van der Waals surface area contributed by atoms with Gasteiger partial charge in [-0.05, 0) is 55.9 Å². The molecule has 1 aliphatic carbocycles. The van der Waals surface area contributed by atoms with Gasteiger partial charge in [-0.15, -0.1) is 0 Å². The first-order valence-corrected chi connectivity index (χ1v) is 9.42. The molecule has 1 aromatic carbocycles. The molecule has 4 rings (SSSR count). The third-order valence-electron chi connectivity index (χ3n) is 5.93. The fraction of sp³-hybridized carbons (Fsp3) is 0.550. The van der Waals surface area contributed by atoms with Crippen LogP contribution in [-0.4, -0.2) is 35.2 Å². The zero-order valence-corrected chi connectivity index (χ0v) is 14.4. The maximum atomic E-state index is 13.0. The Morgan fingerprint density at radius 2 is 1.52 bits per heavy atom. The zero-order valence-electron chi connectivity index (χ0n) is 14.4. The van der Waals surface area contributed by atoms with E-state index in [0.717, 1.165) is 19.4 Å². The van der Waals surface area contributed by atoms with Crippen molar-refractivity contribution in [3.8, 4) is 0 Å². The Balaban J connectivity index is 1.52. The molecule has 2 aliphatic heterocycles.